The van der Waals surface area contributed by atoms with Crippen LogP contribution in [0.3, 0.4) is 0 Å². The molecule has 4 N–H and O–H groups in total. The van der Waals surface area contributed by atoms with E-state index in [4.69, 9.17) is 0 Å². The first-order chi connectivity index (χ1) is 22.3. The van der Waals surface area contributed by atoms with Crippen LogP contribution in [-0.4, -0.2) is 145 Å². The molecule has 48 heavy (non-hydrogen) atoms. The Kier molecular flexibility index (Phi) is 17.0. The third kappa shape index (κ3) is 13.5. The summed E-state index contributed by atoms with van der Waals surface area (Å²) in [6.07, 6.45) is 0. The summed E-state index contributed by atoms with van der Waals surface area (Å²) in [6, 6.07) is 9.13. The van der Waals surface area contributed by atoms with Gasteiger partial charge in [-0.3, -0.25) is 44.8 Å². The van der Waals surface area contributed by atoms with Crippen molar-refractivity contribution in [2.24, 2.45) is 0 Å². The molecule has 0 aliphatic carbocycles. The van der Waals surface area contributed by atoms with E-state index in [0.717, 1.165) is 5.39 Å². The minimum atomic E-state index is -1.34. The van der Waals surface area contributed by atoms with Gasteiger partial charge in [0.15, 0.2) is 0 Å². The topological polar surface area (TPSA) is 241 Å². The number of carbonyl (C=O) groups excluding carboxylic acids is 6. The van der Waals surface area contributed by atoms with Crippen molar-refractivity contribution in [2.45, 2.75) is 13.0 Å². The normalized spacial score (nSPS) is 16.4. The van der Waals surface area contributed by atoms with Gasteiger partial charge in [-0.15, -0.1) is 0 Å². The van der Waals surface area contributed by atoms with Crippen LogP contribution in [0, 0.1) is 39.9 Å². The van der Waals surface area contributed by atoms with E-state index < -0.39 is 67.9 Å². The maximum Gasteiger partial charge on any atom is 3.00 e. The molecule has 2 aromatic carbocycles. The SMILES string of the molecule is CC(C(=O)NCC(=O)NNC(=O)c1cc2ccccc2cc1O)N1CCN(CC(=O)[O-])CCN(CC(=O)[O-])CCN(CC(=O)[O-])CC1.[Gd+3]. The molecular formula is C30H38GdN7O10. The number of benzene rings is 2. The fourth-order valence-electron chi connectivity index (χ4n) is 5.09. The van der Waals surface area contributed by atoms with E-state index in [-0.39, 0.29) is 104 Å². The van der Waals surface area contributed by atoms with Gasteiger partial charge in [0, 0.05) is 72.0 Å². The number of nitrogens with zero attached hydrogens (tertiary/aromatic N) is 4. The van der Waals surface area contributed by atoms with Crippen LogP contribution in [-0.2, 0) is 24.0 Å². The van der Waals surface area contributed by atoms with E-state index in [0.29, 0.717) is 5.39 Å². The van der Waals surface area contributed by atoms with Gasteiger partial charge in [-0.1, -0.05) is 24.3 Å². The van der Waals surface area contributed by atoms with E-state index in [1.807, 2.05) is 0 Å². The number of nitrogens with one attached hydrogen (secondary N) is 3. The van der Waals surface area contributed by atoms with Gasteiger partial charge >= 0.3 is 39.9 Å². The molecule has 1 saturated heterocycles. The zero-order chi connectivity index (χ0) is 34.5. The van der Waals surface area contributed by atoms with E-state index in [1.165, 1.54) is 17.0 Å². The molecule has 3 amide bonds. The van der Waals surface area contributed by atoms with Gasteiger partial charge in [-0.05, 0) is 29.8 Å². The maximum atomic E-state index is 13.1. The van der Waals surface area contributed by atoms with Crippen LogP contribution < -0.4 is 31.5 Å². The summed E-state index contributed by atoms with van der Waals surface area (Å²) in [5.74, 6) is -6.38. The van der Waals surface area contributed by atoms with Gasteiger partial charge in [0.1, 0.15) is 5.75 Å². The molecule has 261 valence electrons. The molecule has 0 spiro atoms. The maximum absolute atomic E-state index is 13.1. The molecule has 1 fully saturated rings. The van der Waals surface area contributed by atoms with Crippen molar-refractivity contribution in [2.75, 3.05) is 78.5 Å². The number of aliphatic carboxylic acids is 3. The third-order valence-corrected chi connectivity index (χ3v) is 7.70. The van der Waals surface area contributed by atoms with Crippen molar-refractivity contribution < 1.29 is 89.1 Å². The van der Waals surface area contributed by atoms with Crippen molar-refractivity contribution in [3.8, 4) is 5.75 Å². The van der Waals surface area contributed by atoms with Crippen LogP contribution in [0.5, 0.6) is 5.75 Å². The van der Waals surface area contributed by atoms with Gasteiger partial charge in [0.25, 0.3) is 11.8 Å². The summed E-state index contributed by atoms with van der Waals surface area (Å²) in [5, 5.41) is 48.1. The molecule has 1 unspecified atom stereocenters. The fourth-order valence-corrected chi connectivity index (χ4v) is 5.09. The number of fused-ring (bicyclic) bond motifs is 1. The average molecular weight is 814 g/mol. The first-order valence-electron chi connectivity index (χ1n) is 14.9. The van der Waals surface area contributed by atoms with Gasteiger partial charge in [-0.25, -0.2) is 0 Å². The predicted octanol–water partition coefficient (Wildman–Crippen LogP) is -5.72. The quantitative estimate of drug-likeness (QED) is 0.155. The molecule has 2 aromatic rings. The minimum absolute atomic E-state index is 0. The molecule has 1 atom stereocenters. The summed E-state index contributed by atoms with van der Waals surface area (Å²) in [7, 11) is 0. The summed E-state index contributed by atoms with van der Waals surface area (Å²) in [6.45, 7) is 1.01. The fraction of sp³-hybridized carbons (Fsp3) is 0.467. The van der Waals surface area contributed by atoms with Crippen molar-refractivity contribution in [3.05, 3.63) is 42.0 Å². The molecule has 18 heteroatoms. The Hall–Kier alpha value is -3.52. The van der Waals surface area contributed by atoms with Crippen LogP contribution in [0.1, 0.15) is 17.3 Å². The second-order valence-corrected chi connectivity index (χ2v) is 11.1. The molecular weight excluding hydrogens is 776 g/mol. The van der Waals surface area contributed by atoms with Crippen molar-refractivity contribution in [3.63, 3.8) is 0 Å². The average Bonchev–Trinajstić information content (AvgIpc) is 3.01. The van der Waals surface area contributed by atoms with Gasteiger partial charge in [0.05, 0.1) is 36.1 Å². The van der Waals surface area contributed by atoms with Crippen molar-refractivity contribution in [1.29, 1.82) is 0 Å². The van der Waals surface area contributed by atoms with Crippen molar-refractivity contribution >= 4 is 46.4 Å². The molecule has 0 bridgehead atoms. The Balaban J connectivity index is 0.00000800. The number of amides is 3. The Morgan fingerprint density at radius 1 is 0.729 bits per heavy atom. The van der Waals surface area contributed by atoms with E-state index in [1.54, 1.807) is 45.9 Å². The zero-order valence-electron chi connectivity index (χ0n) is 26.3. The Labute approximate surface area is 308 Å². The number of hydrazine groups is 1. The van der Waals surface area contributed by atoms with Gasteiger partial charge < -0.3 is 40.1 Å². The van der Waals surface area contributed by atoms with Gasteiger partial charge in [-0.2, -0.15) is 0 Å². The van der Waals surface area contributed by atoms with E-state index in [2.05, 4.69) is 16.2 Å². The second kappa shape index (κ2) is 20.1. The van der Waals surface area contributed by atoms with Crippen LogP contribution in [0.15, 0.2) is 36.4 Å². The number of hydrogen-bond acceptors (Lipinski definition) is 14. The van der Waals surface area contributed by atoms with E-state index >= 15 is 0 Å². The largest absolute Gasteiger partial charge is 3.00 e. The minimum Gasteiger partial charge on any atom is -0.549 e. The van der Waals surface area contributed by atoms with Crippen LogP contribution in [0.25, 0.3) is 10.8 Å². The predicted molar refractivity (Wildman–Crippen MR) is 160 cm³/mol. The molecule has 0 saturated carbocycles. The molecule has 3 rings (SSSR count). The van der Waals surface area contributed by atoms with Crippen molar-refractivity contribution in [1.82, 2.24) is 35.8 Å². The molecule has 1 radical (unpaired) electrons. The summed E-state index contributed by atoms with van der Waals surface area (Å²) >= 11 is 0. The molecule has 1 heterocycles. The summed E-state index contributed by atoms with van der Waals surface area (Å²) in [5.41, 5.74) is 4.31. The number of phenols is 1. The first kappa shape index (κ1) is 40.7. The number of carbonyl (C=O) groups is 6. The first-order valence-corrected chi connectivity index (χ1v) is 14.9. The zero-order valence-corrected chi connectivity index (χ0v) is 28.6. The number of phenolic OH excluding ortho intramolecular Hbond substituents is 1. The van der Waals surface area contributed by atoms with E-state index in [9.17, 15) is 49.2 Å². The summed E-state index contributed by atoms with van der Waals surface area (Å²) < 4.78 is 0. The smallest absolute Gasteiger partial charge is 0.549 e. The molecule has 17 nitrogen and oxygen atoms in total. The van der Waals surface area contributed by atoms with Crippen LogP contribution >= 0.6 is 0 Å². The monoisotopic (exact) mass is 814 g/mol. The molecule has 0 aromatic heterocycles. The van der Waals surface area contributed by atoms with Gasteiger partial charge in [0.2, 0.25) is 5.91 Å². The Morgan fingerprint density at radius 2 is 1.17 bits per heavy atom. The Morgan fingerprint density at radius 3 is 1.62 bits per heavy atom. The molecule has 1 aliphatic rings. The number of carboxylic acids is 3. The number of hydrogen-bond donors (Lipinski definition) is 4. The molecule has 1 aliphatic heterocycles. The number of aromatic hydroxyl groups is 1. The third-order valence-electron chi connectivity index (χ3n) is 7.70. The standard InChI is InChI=1S/C30H41N7O10.Gd/c1-20(29(46)31-16-25(39)32-33-30(47)23-14-21-4-2-3-5-22(21)15-24(23)38)37-12-10-35(18-27(42)43)8-6-34(17-26(40)41)7-9-36(11-13-37)19-28(44)45;/h2-5,14-15,20,38H,6-13,16-19H2,1H3,(H,31,46)(H,32,39)(H,33,47)(H,40,41)(H,42,43)(H,44,45);/q;+3/p-3. The summed E-state index contributed by atoms with van der Waals surface area (Å²) in [4.78, 5) is 78.3. The second-order valence-electron chi connectivity index (χ2n) is 11.1. The number of rotatable bonds is 11. The van der Waals surface area contributed by atoms with Crippen LogP contribution in [0.2, 0.25) is 0 Å². The van der Waals surface area contributed by atoms with Crippen LogP contribution in [0.4, 0.5) is 0 Å². The Bertz CT molecular complexity index is 1430. The number of carboxylic acid groups (broad SMARTS) is 3.